The van der Waals surface area contributed by atoms with Crippen LogP contribution in [0.3, 0.4) is 0 Å². The van der Waals surface area contributed by atoms with Gasteiger partial charge in [0, 0.05) is 17.5 Å². The van der Waals surface area contributed by atoms with E-state index >= 15 is 0 Å². The van der Waals surface area contributed by atoms with Crippen molar-refractivity contribution in [2.75, 3.05) is 18.1 Å². The molecule has 5 rings (SSSR count). The predicted octanol–water partition coefficient (Wildman–Crippen LogP) is 3.16. The van der Waals surface area contributed by atoms with Crippen molar-refractivity contribution in [2.24, 2.45) is 17.8 Å². The number of fused-ring (bicyclic) bond motifs is 2. The van der Waals surface area contributed by atoms with Crippen LogP contribution in [0, 0.1) is 17.8 Å². The number of carbonyl (C=O) groups excluding carboxylic acids is 2. The Balaban J connectivity index is 1.63. The molecule has 3 heterocycles. The van der Waals surface area contributed by atoms with Crippen LogP contribution in [-0.4, -0.2) is 68.1 Å². The highest BCUT2D eigenvalue weighted by Gasteiger charge is 2.76. The van der Waals surface area contributed by atoms with Gasteiger partial charge in [-0.05, 0) is 42.2 Å². The number of thioether (sulfide) groups is 1. The van der Waals surface area contributed by atoms with Gasteiger partial charge in [0.25, 0.3) is 5.91 Å². The third kappa shape index (κ3) is 3.33. The highest BCUT2D eigenvalue weighted by molar-refractivity contribution is 8.02. The normalized spacial score (nSPS) is 32.0. The number of aliphatic carboxylic acids is 1. The molecule has 2 aromatic rings. The molecule has 7 nitrogen and oxygen atoms in total. The van der Waals surface area contributed by atoms with Crippen LogP contribution in [0.25, 0.3) is 10.8 Å². The van der Waals surface area contributed by atoms with E-state index in [0.717, 1.165) is 10.8 Å². The number of aliphatic hydroxyl groups is 1. The molecule has 184 valence electrons. The van der Waals surface area contributed by atoms with Crippen molar-refractivity contribution >= 4 is 46.0 Å². The Morgan fingerprint density at radius 3 is 2.66 bits per heavy atom. The Morgan fingerprint density at radius 1 is 1.29 bits per heavy atom. The fourth-order valence-corrected chi connectivity index (χ4v) is 8.92. The van der Waals surface area contributed by atoms with Gasteiger partial charge in [0.1, 0.15) is 6.04 Å². The summed E-state index contributed by atoms with van der Waals surface area (Å²) in [6.45, 7) is 7.51. The van der Waals surface area contributed by atoms with E-state index in [-0.39, 0.29) is 36.1 Å². The van der Waals surface area contributed by atoms with Gasteiger partial charge in [-0.1, -0.05) is 43.3 Å². The second kappa shape index (κ2) is 8.68. The van der Waals surface area contributed by atoms with Crippen LogP contribution in [0.15, 0.2) is 55.1 Å². The zero-order valence-electron chi connectivity index (χ0n) is 19.8. The number of hydrogen-bond acceptors (Lipinski definition) is 5. The topological polar surface area (TPSA) is 98.2 Å². The first-order chi connectivity index (χ1) is 16.8. The number of rotatable bonds is 7. The smallest absolute Gasteiger partial charge is 0.308 e. The molecule has 2 amide bonds. The van der Waals surface area contributed by atoms with E-state index in [9.17, 15) is 24.6 Å². The summed E-state index contributed by atoms with van der Waals surface area (Å²) in [5.74, 6) is -3.23. The van der Waals surface area contributed by atoms with Crippen molar-refractivity contribution in [1.82, 2.24) is 4.90 Å². The van der Waals surface area contributed by atoms with Crippen molar-refractivity contribution < 1.29 is 24.6 Å². The summed E-state index contributed by atoms with van der Waals surface area (Å²) in [5, 5.41) is 21.9. The monoisotopic (exact) mass is 494 g/mol. The number of carboxylic acids is 1. The number of carboxylic acid groups (broad SMARTS) is 1. The number of amides is 2. The number of benzene rings is 2. The minimum Gasteiger partial charge on any atom is -0.481 e. The summed E-state index contributed by atoms with van der Waals surface area (Å²) < 4.78 is -0.846. The maximum absolute atomic E-state index is 14.4. The first-order valence-electron chi connectivity index (χ1n) is 12.0. The Hall–Kier alpha value is -2.84. The van der Waals surface area contributed by atoms with Gasteiger partial charge < -0.3 is 20.0 Å². The average molecular weight is 495 g/mol. The Kier molecular flexibility index (Phi) is 5.92. The molecule has 8 heteroatoms. The van der Waals surface area contributed by atoms with Gasteiger partial charge >= 0.3 is 5.97 Å². The van der Waals surface area contributed by atoms with Gasteiger partial charge in [0.05, 0.1) is 29.2 Å². The molecular weight excluding hydrogens is 464 g/mol. The summed E-state index contributed by atoms with van der Waals surface area (Å²) in [6.07, 6.45) is 2.30. The van der Waals surface area contributed by atoms with Gasteiger partial charge in [-0.15, -0.1) is 18.3 Å². The molecule has 0 saturated carbocycles. The van der Waals surface area contributed by atoms with Gasteiger partial charge in [0.2, 0.25) is 5.91 Å². The van der Waals surface area contributed by atoms with E-state index in [4.69, 9.17) is 0 Å². The Morgan fingerprint density at radius 2 is 2.00 bits per heavy atom. The van der Waals surface area contributed by atoms with Crippen molar-refractivity contribution in [3.8, 4) is 0 Å². The lowest BCUT2D eigenvalue weighted by molar-refractivity contribution is -0.149. The third-order valence-corrected chi connectivity index (χ3v) is 10.1. The minimum atomic E-state index is -0.989. The van der Waals surface area contributed by atoms with Gasteiger partial charge in [0.15, 0.2) is 0 Å². The van der Waals surface area contributed by atoms with Crippen LogP contribution in [-0.2, 0) is 14.4 Å². The SMILES string of the molecule is C=CCN(C(=O)C1N([C@H](C)CO)C(=O)[C@@H]2[C@@H](C(=O)O)[C@H]3CC(C)C12S3)c1ccc2ccccc2c1. The molecule has 1 spiro atoms. The van der Waals surface area contributed by atoms with E-state index in [1.54, 1.807) is 17.9 Å². The molecule has 3 saturated heterocycles. The van der Waals surface area contributed by atoms with Crippen molar-refractivity contribution in [1.29, 1.82) is 0 Å². The zero-order valence-corrected chi connectivity index (χ0v) is 20.6. The van der Waals surface area contributed by atoms with Crippen LogP contribution in [0.2, 0.25) is 0 Å². The van der Waals surface area contributed by atoms with Crippen LogP contribution >= 0.6 is 11.8 Å². The van der Waals surface area contributed by atoms with Crippen LogP contribution in [0.1, 0.15) is 20.3 Å². The number of hydrogen-bond donors (Lipinski definition) is 2. The summed E-state index contributed by atoms with van der Waals surface area (Å²) in [7, 11) is 0. The van der Waals surface area contributed by atoms with Gasteiger partial charge in [-0.2, -0.15) is 0 Å². The van der Waals surface area contributed by atoms with E-state index < -0.39 is 34.6 Å². The molecule has 0 radical (unpaired) electrons. The predicted molar refractivity (Wildman–Crippen MR) is 136 cm³/mol. The van der Waals surface area contributed by atoms with Gasteiger partial charge in [-0.3, -0.25) is 14.4 Å². The van der Waals surface area contributed by atoms with Crippen molar-refractivity contribution in [2.45, 2.75) is 42.3 Å². The zero-order chi connectivity index (χ0) is 25.1. The fourth-order valence-electron chi connectivity index (χ4n) is 6.53. The lowest BCUT2D eigenvalue weighted by Gasteiger charge is -2.41. The molecule has 0 aliphatic carbocycles. The van der Waals surface area contributed by atoms with Crippen LogP contribution in [0.4, 0.5) is 5.69 Å². The highest BCUT2D eigenvalue weighted by atomic mass is 32.2. The number of carbonyl (C=O) groups is 3. The molecular formula is C27H30N2O5S. The lowest BCUT2D eigenvalue weighted by Crippen LogP contribution is -2.59. The quantitative estimate of drug-likeness (QED) is 0.574. The molecule has 2 N–H and O–H groups in total. The summed E-state index contributed by atoms with van der Waals surface area (Å²) in [6, 6.07) is 12.2. The second-order valence-electron chi connectivity index (χ2n) is 9.94. The molecule has 2 bridgehead atoms. The Labute approximate surface area is 208 Å². The van der Waals surface area contributed by atoms with E-state index in [1.165, 1.54) is 16.7 Å². The molecule has 2 aromatic carbocycles. The minimum absolute atomic E-state index is 0.0194. The van der Waals surface area contributed by atoms with E-state index in [1.807, 2.05) is 49.4 Å². The number of aliphatic hydroxyl groups excluding tert-OH is 1. The third-order valence-electron chi connectivity index (χ3n) is 8.06. The van der Waals surface area contributed by atoms with Crippen LogP contribution < -0.4 is 4.90 Å². The molecule has 7 atom stereocenters. The van der Waals surface area contributed by atoms with E-state index in [0.29, 0.717) is 12.1 Å². The van der Waals surface area contributed by atoms with E-state index in [2.05, 4.69) is 6.58 Å². The maximum atomic E-state index is 14.4. The first kappa shape index (κ1) is 23.9. The highest BCUT2D eigenvalue weighted by Crippen LogP contribution is 2.68. The molecule has 35 heavy (non-hydrogen) atoms. The van der Waals surface area contributed by atoms with Crippen molar-refractivity contribution in [3.63, 3.8) is 0 Å². The number of anilines is 1. The standard InChI is InChI=1S/C27H30N2O5S/c1-4-11-28(19-10-9-17-7-5-6-8-18(17)13-19)25(32)23-27-15(2)12-20(35-27)21(26(33)34)22(27)24(31)29(23)16(3)14-30/h4-10,13,15-16,20-23,30H,1,11-12,14H2,2-3H3,(H,33,34)/t15?,16-,20-,21+,22+,23?,27?/m1/s1. The lowest BCUT2D eigenvalue weighted by atomic mass is 9.66. The summed E-state index contributed by atoms with van der Waals surface area (Å²) >= 11 is 1.50. The molecule has 3 aliphatic rings. The molecule has 0 aromatic heterocycles. The van der Waals surface area contributed by atoms with Crippen LogP contribution in [0.5, 0.6) is 0 Å². The molecule has 3 aliphatic heterocycles. The molecule has 3 unspecified atom stereocenters. The fraction of sp³-hybridized carbons (Fsp3) is 0.444. The molecule has 3 fully saturated rings. The number of nitrogens with zero attached hydrogens (tertiary/aromatic N) is 2. The largest absolute Gasteiger partial charge is 0.481 e. The average Bonchev–Trinajstić information content (AvgIpc) is 3.45. The van der Waals surface area contributed by atoms with Crippen molar-refractivity contribution in [3.05, 3.63) is 55.1 Å². The maximum Gasteiger partial charge on any atom is 0.308 e. The second-order valence-corrected chi connectivity index (χ2v) is 11.5. The summed E-state index contributed by atoms with van der Waals surface area (Å²) in [5.41, 5.74) is 0.692. The van der Waals surface area contributed by atoms with Gasteiger partial charge in [-0.25, -0.2) is 0 Å². The number of likely N-dealkylation sites (tertiary alicyclic amines) is 1. The Bertz CT molecular complexity index is 1220. The first-order valence-corrected chi connectivity index (χ1v) is 12.9. The summed E-state index contributed by atoms with van der Waals surface area (Å²) in [4.78, 5) is 43.6.